The van der Waals surface area contributed by atoms with E-state index in [0.29, 0.717) is 13.0 Å². The molecule has 4 heteroatoms. The molecule has 0 rings (SSSR count). The van der Waals surface area contributed by atoms with E-state index < -0.39 is 8.32 Å². The van der Waals surface area contributed by atoms with Gasteiger partial charge in [0.25, 0.3) is 0 Å². The highest BCUT2D eigenvalue weighted by Crippen LogP contribution is 2.36. The summed E-state index contributed by atoms with van der Waals surface area (Å²) in [4.78, 5) is 0. The van der Waals surface area contributed by atoms with Gasteiger partial charge in [0.1, 0.15) is 0 Å². The van der Waals surface area contributed by atoms with Gasteiger partial charge in [0.2, 0.25) is 0 Å². The number of nitrogens with two attached hydrogens (primary N) is 1. The van der Waals surface area contributed by atoms with Crippen molar-refractivity contribution in [2.24, 2.45) is 5.73 Å². The average Bonchev–Trinajstić information content (AvgIpc) is 1.99. The van der Waals surface area contributed by atoms with Crippen molar-refractivity contribution in [2.45, 2.75) is 51.4 Å². The molecule has 0 fully saturated rings. The first-order valence-corrected chi connectivity index (χ1v) is 8.12. The van der Waals surface area contributed by atoms with Crippen molar-refractivity contribution in [3.63, 3.8) is 0 Å². The van der Waals surface area contributed by atoms with Crippen molar-refractivity contribution in [1.82, 2.24) is 0 Å². The second-order valence-electron chi connectivity index (χ2n) is 5.34. The van der Waals surface area contributed by atoms with Crippen molar-refractivity contribution in [2.75, 3.05) is 13.2 Å². The Labute approximate surface area is 88.8 Å². The van der Waals surface area contributed by atoms with Gasteiger partial charge in [0, 0.05) is 19.3 Å². The average molecular weight is 219 g/mol. The molecule has 0 aliphatic rings. The van der Waals surface area contributed by atoms with Gasteiger partial charge in [-0.05, 0) is 24.6 Å². The van der Waals surface area contributed by atoms with Gasteiger partial charge in [-0.25, -0.2) is 0 Å². The van der Waals surface area contributed by atoms with E-state index in [2.05, 4.69) is 33.9 Å². The molecule has 0 amide bonds. The predicted molar refractivity (Wildman–Crippen MR) is 62.8 cm³/mol. The Bertz CT molecular complexity index is 166. The number of hydrogen-bond acceptors (Lipinski definition) is 3. The molecule has 1 atom stereocenters. The van der Waals surface area contributed by atoms with Crippen LogP contribution in [0.15, 0.2) is 0 Å². The van der Waals surface area contributed by atoms with Crippen molar-refractivity contribution in [1.29, 1.82) is 0 Å². The van der Waals surface area contributed by atoms with Crippen LogP contribution in [-0.4, -0.2) is 32.7 Å². The zero-order valence-electron chi connectivity index (χ0n) is 10.1. The van der Waals surface area contributed by atoms with Gasteiger partial charge in [-0.2, -0.15) is 0 Å². The third-order valence-corrected chi connectivity index (χ3v) is 7.47. The molecule has 14 heavy (non-hydrogen) atoms. The fraction of sp³-hybridized carbons (Fsp3) is 1.00. The molecule has 86 valence electrons. The first-order valence-electron chi connectivity index (χ1n) is 5.21. The van der Waals surface area contributed by atoms with Crippen molar-refractivity contribution >= 4 is 8.32 Å². The van der Waals surface area contributed by atoms with Crippen molar-refractivity contribution in [3.05, 3.63) is 0 Å². The summed E-state index contributed by atoms with van der Waals surface area (Å²) in [6.45, 7) is 11.7. The lowest BCUT2D eigenvalue weighted by molar-refractivity contribution is 0.222. The summed E-state index contributed by atoms with van der Waals surface area (Å²) in [5.74, 6) is 0. The Morgan fingerprint density at radius 2 is 1.86 bits per heavy atom. The number of aliphatic hydroxyl groups is 1. The lowest BCUT2D eigenvalue weighted by Gasteiger charge is -2.36. The molecule has 3 N–H and O–H groups in total. The minimum atomic E-state index is -1.66. The van der Waals surface area contributed by atoms with Crippen LogP contribution in [0, 0.1) is 0 Å². The molecule has 0 saturated heterocycles. The highest BCUT2D eigenvalue weighted by molar-refractivity contribution is 6.74. The van der Waals surface area contributed by atoms with E-state index >= 15 is 0 Å². The molecular weight excluding hydrogens is 194 g/mol. The molecule has 0 aliphatic carbocycles. The third-order valence-electron chi connectivity index (χ3n) is 2.96. The second-order valence-corrected chi connectivity index (χ2v) is 10.2. The van der Waals surface area contributed by atoms with Gasteiger partial charge in [-0.3, -0.25) is 0 Å². The van der Waals surface area contributed by atoms with Crippen molar-refractivity contribution < 1.29 is 9.53 Å². The van der Waals surface area contributed by atoms with Crippen LogP contribution in [0.25, 0.3) is 0 Å². The van der Waals surface area contributed by atoms with Crippen LogP contribution in [0.5, 0.6) is 0 Å². The van der Waals surface area contributed by atoms with E-state index in [1.807, 2.05) is 0 Å². The lowest BCUT2D eigenvalue weighted by atomic mass is 10.2. The topological polar surface area (TPSA) is 55.5 Å². The Kier molecular flexibility index (Phi) is 5.29. The zero-order chi connectivity index (χ0) is 11.4. The van der Waals surface area contributed by atoms with Gasteiger partial charge in [-0.1, -0.05) is 20.8 Å². The Balaban J connectivity index is 3.99. The molecule has 3 nitrogen and oxygen atoms in total. The van der Waals surface area contributed by atoms with Crippen LogP contribution in [0.1, 0.15) is 27.2 Å². The Hall–Kier alpha value is 0.0969. The van der Waals surface area contributed by atoms with E-state index in [1.54, 1.807) is 0 Å². The molecule has 0 unspecified atom stereocenters. The van der Waals surface area contributed by atoms with Crippen LogP contribution in [-0.2, 0) is 4.43 Å². The standard InChI is InChI=1S/C10H25NO2Si/c1-10(2,3)14(4,5)13-8-9(11)6-7-12/h9,12H,6-8,11H2,1-5H3/t9-/m1/s1. The highest BCUT2D eigenvalue weighted by Gasteiger charge is 2.37. The normalized spacial score (nSPS) is 15.6. The first-order chi connectivity index (χ1) is 6.20. The summed E-state index contributed by atoms with van der Waals surface area (Å²) in [7, 11) is -1.66. The molecule has 0 bridgehead atoms. The number of hydrogen-bond donors (Lipinski definition) is 2. The molecule has 0 aromatic carbocycles. The monoisotopic (exact) mass is 219 g/mol. The maximum absolute atomic E-state index is 8.70. The highest BCUT2D eigenvalue weighted by atomic mass is 28.4. The first kappa shape index (κ1) is 14.1. The molecule has 0 radical (unpaired) electrons. The minimum absolute atomic E-state index is 0.0332. The SMILES string of the molecule is CC(C)(C)[Si](C)(C)OC[C@H](N)CCO. The predicted octanol–water partition coefficient (Wildman–Crippen LogP) is 1.72. The molecule has 0 aromatic heterocycles. The molecule has 0 aliphatic heterocycles. The summed E-state index contributed by atoms with van der Waals surface area (Å²) < 4.78 is 5.91. The largest absolute Gasteiger partial charge is 0.415 e. The summed E-state index contributed by atoms with van der Waals surface area (Å²) >= 11 is 0. The third kappa shape index (κ3) is 4.55. The lowest BCUT2D eigenvalue weighted by Crippen LogP contribution is -2.44. The summed E-state index contributed by atoms with van der Waals surface area (Å²) in [6, 6.07) is -0.0332. The van der Waals surface area contributed by atoms with E-state index in [4.69, 9.17) is 15.3 Å². The smallest absolute Gasteiger partial charge is 0.192 e. The van der Waals surface area contributed by atoms with Crippen LogP contribution in [0.3, 0.4) is 0 Å². The van der Waals surface area contributed by atoms with E-state index in [9.17, 15) is 0 Å². The van der Waals surface area contributed by atoms with Crippen LogP contribution in [0.2, 0.25) is 18.1 Å². The van der Waals surface area contributed by atoms with E-state index in [0.717, 1.165) is 0 Å². The number of aliphatic hydroxyl groups excluding tert-OH is 1. The maximum atomic E-state index is 8.70. The van der Waals surface area contributed by atoms with Gasteiger partial charge >= 0.3 is 0 Å². The van der Waals surface area contributed by atoms with Gasteiger partial charge in [0.05, 0.1) is 0 Å². The maximum Gasteiger partial charge on any atom is 0.192 e. The summed E-state index contributed by atoms with van der Waals surface area (Å²) in [5, 5.41) is 8.93. The fourth-order valence-corrected chi connectivity index (χ4v) is 1.84. The summed E-state index contributed by atoms with van der Waals surface area (Å²) in [5.41, 5.74) is 5.77. The minimum Gasteiger partial charge on any atom is -0.415 e. The van der Waals surface area contributed by atoms with E-state index in [1.165, 1.54) is 0 Å². The molecule has 0 heterocycles. The zero-order valence-corrected chi connectivity index (χ0v) is 11.1. The van der Waals surface area contributed by atoms with Crippen molar-refractivity contribution in [3.8, 4) is 0 Å². The molecule has 0 spiro atoms. The molecular formula is C10H25NO2Si. The molecule has 0 aromatic rings. The fourth-order valence-electron chi connectivity index (χ4n) is 0.781. The Morgan fingerprint density at radius 1 is 1.36 bits per heavy atom. The van der Waals surface area contributed by atoms with Crippen LogP contribution < -0.4 is 5.73 Å². The number of rotatable bonds is 5. The Morgan fingerprint density at radius 3 is 2.21 bits per heavy atom. The summed E-state index contributed by atoms with van der Waals surface area (Å²) in [6.07, 6.45) is 0.620. The second kappa shape index (κ2) is 5.26. The quantitative estimate of drug-likeness (QED) is 0.692. The van der Waals surface area contributed by atoms with E-state index in [-0.39, 0.29) is 17.7 Å². The van der Waals surface area contributed by atoms with Crippen LogP contribution in [0.4, 0.5) is 0 Å². The molecule has 0 saturated carbocycles. The van der Waals surface area contributed by atoms with Crippen LogP contribution >= 0.6 is 0 Å². The van der Waals surface area contributed by atoms with Gasteiger partial charge in [-0.15, -0.1) is 0 Å². The van der Waals surface area contributed by atoms with Gasteiger partial charge in [0.15, 0.2) is 8.32 Å². The van der Waals surface area contributed by atoms with Gasteiger partial charge < -0.3 is 15.3 Å².